The van der Waals surface area contributed by atoms with Crippen molar-refractivity contribution in [2.24, 2.45) is 0 Å². The molecule has 1 aliphatic heterocycles. The first-order chi connectivity index (χ1) is 14.0. The number of likely N-dealkylation sites (tertiary alicyclic amines) is 1. The molecule has 0 aliphatic carbocycles. The van der Waals surface area contributed by atoms with Crippen molar-refractivity contribution >= 4 is 33.0 Å². The highest BCUT2D eigenvalue weighted by molar-refractivity contribution is 7.94. The molecular weight excluding hydrogens is 408 g/mol. The molecule has 1 aromatic carbocycles. The van der Waals surface area contributed by atoms with Crippen LogP contribution in [0.3, 0.4) is 0 Å². The molecule has 29 heavy (non-hydrogen) atoms. The molecular formula is C20H22N4O3S2. The summed E-state index contributed by atoms with van der Waals surface area (Å²) in [5.74, 6) is 0.0659. The lowest BCUT2D eigenvalue weighted by atomic mass is 9.98. The Morgan fingerprint density at radius 3 is 2.72 bits per heavy atom. The molecule has 3 heterocycles. The van der Waals surface area contributed by atoms with Gasteiger partial charge in [-0.25, -0.2) is 8.42 Å². The van der Waals surface area contributed by atoms with E-state index in [9.17, 15) is 13.2 Å². The highest BCUT2D eigenvalue weighted by Gasteiger charge is 2.28. The summed E-state index contributed by atoms with van der Waals surface area (Å²) in [6, 6.07) is 12.2. The molecule has 0 saturated carbocycles. The molecule has 4 rings (SSSR count). The van der Waals surface area contributed by atoms with Crippen molar-refractivity contribution in [3.8, 4) is 0 Å². The number of thiophene rings is 1. The first-order valence-corrected chi connectivity index (χ1v) is 11.8. The van der Waals surface area contributed by atoms with Crippen molar-refractivity contribution in [1.82, 2.24) is 15.1 Å². The zero-order chi connectivity index (χ0) is 20.3. The minimum atomic E-state index is -3.57. The Kier molecular flexibility index (Phi) is 5.68. The first-order valence-electron chi connectivity index (χ1n) is 9.47. The van der Waals surface area contributed by atoms with Crippen molar-refractivity contribution < 1.29 is 13.2 Å². The lowest BCUT2D eigenvalue weighted by Gasteiger charge is -2.35. The monoisotopic (exact) mass is 430 g/mol. The third-order valence-electron chi connectivity index (χ3n) is 5.03. The number of carbonyl (C=O) groups is 1. The molecule has 1 unspecified atom stereocenters. The molecule has 7 nitrogen and oxygen atoms in total. The molecule has 1 fully saturated rings. The summed E-state index contributed by atoms with van der Waals surface area (Å²) in [5.41, 5.74) is 2.29. The van der Waals surface area contributed by atoms with E-state index in [4.69, 9.17) is 0 Å². The van der Waals surface area contributed by atoms with Gasteiger partial charge in [-0.3, -0.25) is 14.6 Å². The summed E-state index contributed by atoms with van der Waals surface area (Å²) < 4.78 is 27.5. The van der Waals surface area contributed by atoms with Crippen molar-refractivity contribution in [3.05, 3.63) is 65.3 Å². The minimum Gasteiger partial charge on any atom is -0.334 e. The Bertz CT molecular complexity index is 1050. The van der Waals surface area contributed by atoms with E-state index < -0.39 is 10.0 Å². The average Bonchev–Trinajstić information content (AvgIpc) is 3.44. The van der Waals surface area contributed by atoms with Gasteiger partial charge in [-0.1, -0.05) is 18.2 Å². The van der Waals surface area contributed by atoms with E-state index in [0.29, 0.717) is 5.69 Å². The fourth-order valence-electron chi connectivity index (χ4n) is 3.59. The predicted octanol–water partition coefficient (Wildman–Crippen LogP) is 3.57. The van der Waals surface area contributed by atoms with Crippen molar-refractivity contribution in [1.29, 1.82) is 0 Å². The van der Waals surface area contributed by atoms with Crippen LogP contribution in [0.4, 0.5) is 5.69 Å². The molecule has 1 atom stereocenters. The number of benzene rings is 1. The number of carbonyl (C=O) groups excluding carboxylic acids is 1. The van der Waals surface area contributed by atoms with Crippen molar-refractivity contribution in [2.75, 3.05) is 11.3 Å². The third kappa shape index (κ3) is 4.51. The maximum Gasteiger partial charge on any atom is 0.271 e. The van der Waals surface area contributed by atoms with Gasteiger partial charge in [0.15, 0.2) is 0 Å². The molecule has 1 saturated heterocycles. The Morgan fingerprint density at radius 1 is 1.21 bits per heavy atom. The van der Waals surface area contributed by atoms with Gasteiger partial charge in [0.1, 0.15) is 4.21 Å². The van der Waals surface area contributed by atoms with Gasteiger partial charge in [-0.2, -0.15) is 5.10 Å². The molecule has 3 aromatic rings. The minimum absolute atomic E-state index is 0.0376. The van der Waals surface area contributed by atoms with E-state index in [1.165, 1.54) is 11.3 Å². The van der Waals surface area contributed by atoms with Crippen LogP contribution in [0, 0.1) is 0 Å². The maximum atomic E-state index is 12.9. The van der Waals surface area contributed by atoms with Gasteiger partial charge >= 0.3 is 0 Å². The fraction of sp³-hybridized carbons (Fsp3) is 0.300. The zero-order valence-electron chi connectivity index (χ0n) is 15.7. The molecule has 0 spiro atoms. The Labute approximate surface area is 173 Å². The normalized spacial score (nSPS) is 17.2. The van der Waals surface area contributed by atoms with Crippen LogP contribution in [-0.2, 0) is 21.2 Å². The number of nitrogens with one attached hydrogen (secondary N) is 2. The zero-order valence-corrected chi connectivity index (χ0v) is 17.4. The predicted molar refractivity (Wildman–Crippen MR) is 112 cm³/mol. The molecule has 1 aliphatic rings. The summed E-state index contributed by atoms with van der Waals surface area (Å²) in [5, 5.41) is 8.72. The molecule has 2 aromatic heterocycles. The van der Waals surface area contributed by atoms with Crippen LogP contribution < -0.4 is 4.72 Å². The van der Waals surface area contributed by atoms with Crippen LogP contribution in [0.1, 0.15) is 36.6 Å². The number of nitrogens with zero attached hydrogens (tertiary/aromatic N) is 2. The quantitative estimate of drug-likeness (QED) is 0.625. The molecule has 0 bridgehead atoms. The second kappa shape index (κ2) is 8.38. The van der Waals surface area contributed by atoms with Crippen molar-refractivity contribution in [3.63, 3.8) is 0 Å². The van der Waals surface area contributed by atoms with Crippen LogP contribution in [0.15, 0.2) is 58.3 Å². The molecule has 2 N–H and O–H groups in total. The van der Waals surface area contributed by atoms with Crippen LogP contribution in [0.2, 0.25) is 0 Å². The van der Waals surface area contributed by atoms with Crippen LogP contribution in [0.25, 0.3) is 0 Å². The fourth-order valence-corrected chi connectivity index (χ4v) is 5.65. The Balaban J connectivity index is 1.42. The maximum absolute atomic E-state index is 12.9. The number of aromatic nitrogens is 2. The highest BCUT2D eigenvalue weighted by Crippen LogP contribution is 2.30. The lowest BCUT2D eigenvalue weighted by Crippen LogP contribution is -2.39. The largest absolute Gasteiger partial charge is 0.334 e. The number of H-pyrrole nitrogens is 1. The van der Waals surface area contributed by atoms with Gasteiger partial charge in [0, 0.05) is 18.4 Å². The van der Waals surface area contributed by atoms with Gasteiger partial charge in [0.25, 0.3) is 10.0 Å². The molecule has 0 radical (unpaired) electrons. The van der Waals surface area contributed by atoms with Crippen molar-refractivity contribution in [2.45, 2.75) is 35.9 Å². The second-order valence-electron chi connectivity index (χ2n) is 7.02. The van der Waals surface area contributed by atoms with E-state index in [0.717, 1.165) is 37.1 Å². The van der Waals surface area contributed by atoms with Gasteiger partial charge in [0.2, 0.25) is 5.91 Å². The number of amides is 1. The smallest absolute Gasteiger partial charge is 0.271 e. The number of aromatic amines is 1. The van der Waals surface area contributed by atoms with Crippen LogP contribution in [0.5, 0.6) is 0 Å². The van der Waals surface area contributed by atoms with Gasteiger partial charge in [0.05, 0.1) is 18.2 Å². The number of piperidine rings is 1. The number of anilines is 1. The highest BCUT2D eigenvalue weighted by atomic mass is 32.2. The SMILES string of the molecule is O=C(Cc1ccc(NS(=O)(=O)c2cccs2)cc1)N1CCCCC1c1ccn[nH]1. The summed E-state index contributed by atoms with van der Waals surface area (Å²) in [6.07, 6.45) is 5.01. The van der Waals surface area contributed by atoms with E-state index >= 15 is 0 Å². The van der Waals surface area contributed by atoms with Crippen LogP contribution >= 0.6 is 11.3 Å². The van der Waals surface area contributed by atoms with E-state index in [1.807, 2.05) is 11.0 Å². The molecule has 1 amide bonds. The Hall–Kier alpha value is -2.65. The third-order valence-corrected chi connectivity index (χ3v) is 7.80. The summed E-state index contributed by atoms with van der Waals surface area (Å²) in [7, 11) is -3.57. The average molecular weight is 431 g/mol. The van der Waals surface area contributed by atoms with E-state index in [1.54, 1.807) is 48.0 Å². The first kappa shape index (κ1) is 19.7. The number of hydrogen-bond acceptors (Lipinski definition) is 5. The summed E-state index contributed by atoms with van der Waals surface area (Å²) in [6.45, 7) is 0.737. The van der Waals surface area contributed by atoms with Gasteiger partial charge in [-0.15, -0.1) is 11.3 Å². The van der Waals surface area contributed by atoms with Gasteiger partial charge < -0.3 is 4.90 Å². The topological polar surface area (TPSA) is 95.2 Å². The Morgan fingerprint density at radius 2 is 2.03 bits per heavy atom. The van der Waals surface area contributed by atoms with Gasteiger partial charge in [-0.05, 0) is 54.5 Å². The summed E-state index contributed by atoms with van der Waals surface area (Å²) >= 11 is 1.17. The van der Waals surface area contributed by atoms with E-state index in [-0.39, 0.29) is 22.6 Å². The number of rotatable bonds is 6. The standard InChI is InChI=1S/C20H22N4O3S2/c25-19(24-12-2-1-4-18(24)17-10-11-21-22-17)14-15-6-8-16(9-7-15)23-29(26,27)20-5-3-13-28-20/h3,5-11,13,18,23H,1-2,4,12,14H2,(H,21,22). The summed E-state index contributed by atoms with van der Waals surface area (Å²) in [4.78, 5) is 14.8. The number of sulfonamides is 1. The van der Waals surface area contributed by atoms with E-state index in [2.05, 4.69) is 14.9 Å². The second-order valence-corrected chi connectivity index (χ2v) is 9.88. The number of hydrogen-bond donors (Lipinski definition) is 2. The molecule has 152 valence electrons. The molecule has 9 heteroatoms. The van der Waals surface area contributed by atoms with Crippen LogP contribution in [-0.4, -0.2) is 36.0 Å². The lowest BCUT2D eigenvalue weighted by molar-refractivity contribution is -0.134.